The van der Waals surface area contributed by atoms with Crippen LogP contribution in [0.3, 0.4) is 0 Å². The predicted molar refractivity (Wildman–Crippen MR) is 83.0 cm³/mol. The number of likely N-dealkylation sites (N-methyl/N-ethyl adjacent to an activating group) is 1. The molecule has 5 nitrogen and oxygen atoms in total. The second-order valence-corrected chi connectivity index (χ2v) is 6.55. The van der Waals surface area contributed by atoms with Crippen molar-refractivity contribution in [2.24, 2.45) is 5.73 Å². The van der Waals surface area contributed by atoms with Crippen LogP contribution in [0.25, 0.3) is 0 Å². The van der Waals surface area contributed by atoms with E-state index in [1.54, 1.807) is 0 Å². The third kappa shape index (κ3) is 4.40. The fourth-order valence-electron chi connectivity index (χ4n) is 3.31. The van der Waals surface area contributed by atoms with Gasteiger partial charge in [-0.15, -0.1) is 0 Å². The molecular formula is C15H32N4O. The summed E-state index contributed by atoms with van der Waals surface area (Å²) in [7, 11) is 4.28. The topological polar surface area (TPSA) is 45.0 Å². The minimum absolute atomic E-state index is 0.350. The molecule has 3 unspecified atom stereocenters. The summed E-state index contributed by atoms with van der Waals surface area (Å²) < 4.78 is 6.03. The lowest BCUT2D eigenvalue weighted by molar-refractivity contribution is -0.0185. The summed E-state index contributed by atoms with van der Waals surface area (Å²) in [4.78, 5) is 7.36. The van der Waals surface area contributed by atoms with Crippen LogP contribution in [0.4, 0.5) is 0 Å². The van der Waals surface area contributed by atoms with E-state index in [2.05, 4.69) is 35.7 Å². The van der Waals surface area contributed by atoms with E-state index in [-0.39, 0.29) is 0 Å². The van der Waals surface area contributed by atoms with Crippen LogP contribution in [-0.4, -0.2) is 92.9 Å². The predicted octanol–water partition coefficient (Wildman–Crippen LogP) is 0.0604. The maximum absolute atomic E-state index is 6.03. The highest BCUT2D eigenvalue weighted by atomic mass is 16.5. The molecule has 0 radical (unpaired) electrons. The Balaban J connectivity index is 1.76. The third-order valence-corrected chi connectivity index (χ3v) is 4.67. The number of nitrogens with two attached hydrogens (primary N) is 1. The van der Waals surface area contributed by atoms with Gasteiger partial charge >= 0.3 is 0 Å². The van der Waals surface area contributed by atoms with Crippen molar-refractivity contribution in [3.8, 4) is 0 Å². The highest BCUT2D eigenvalue weighted by molar-refractivity contribution is 4.88. The molecule has 0 aromatic heterocycles. The summed E-state index contributed by atoms with van der Waals surface area (Å²) in [5.74, 6) is 0. The van der Waals surface area contributed by atoms with Crippen molar-refractivity contribution in [2.45, 2.75) is 38.0 Å². The summed E-state index contributed by atoms with van der Waals surface area (Å²) in [6.45, 7) is 9.78. The van der Waals surface area contributed by atoms with Crippen LogP contribution in [0, 0.1) is 0 Å². The summed E-state index contributed by atoms with van der Waals surface area (Å²) in [5.41, 5.74) is 6.02. The largest absolute Gasteiger partial charge is 0.374 e. The lowest BCUT2D eigenvalue weighted by atomic mass is 10.0. The Morgan fingerprint density at radius 1 is 1.20 bits per heavy atom. The Bertz CT molecular complexity index is 279. The number of nitrogens with zero attached hydrogens (tertiary/aromatic N) is 3. The molecule has 0 bridgehead atoms. The molecule has 0 spiro atoms. The van der Waals surface area contributed by atoms with Gasteiger partial charge in [0.2, 0.25) is 0 Å². The Morgan fingerprint density at radius 2 is 1.90 bits per heavy atom. The molecule has 2 saturated heterocycles. The van der Waals surface area contributed by atoms with Crippen molar-refractivity contribution in [3.63, 3.8) is 0 Å². The van der Waals surface area contributed by atoms with Crippen LogP contribution in [0.15, 0.2) is 0 Å². The molecular weight excluding hydrogens is 252 g/mol. The number of hydrogen-bond donors (Lipinski definition) is 1. The van der Waals surface area contributed by atoms with Gasteiger partial charge in [0.25, 0.3) is 0 Å². The van der Waals surface area contributed by atoms with Crippen molar-refractivity contribution < 1.29 is 4.74 Å². The molecule has 2 fully saturated rings. The Kier molecular flexibility index (Phi) is 6.23. The minimum Gasteiger partial charge on any atom is -0.374 e. The molecule has 0 saturated carbocycles. The molecule has 0 aromatic carbocycles. The number of ether oxygens (including phenoxy) is 1. The van der Waals surface area contributed by atoms with E-state index >= 15 is 0 Å². The zero-order chi connectivity index (χ0) is 14.5. The molecule has 2 N–H and O–H groups in total. The summed E-state index contributed by atoms with van der Waals surface area (Å²) in [6.07, 6.45) is 3.12. The van der Waals surface area contributed by atoms with Gasteiger partial charge in [0, 0.05) is 51.9 Å². The van der Waals surface area contributed by atoms with Gasteiger partial charge in [0.1, 0.15) is 0 Å². The normalized spacial score (nSPS) is 31.1. The van der Waals surface area contributed by atoms with Crippen molar-refractivity contribution >= 4 is 0 Å². The maximum atomic E-state index is 6.03. The first-order valence-electron chi connectivity index (χ1n) is 8.07. The van der Waals surface area contributed by atoms with E-state index in [9.17, 15) is 0 Å². The summed E-state index contributed by atoms with van der Waals surface area (Å²) >= 11 is 0. The van der Waals surface area contributed by atoms with E-state index in [0.717, 1.165) is 39.3 Å². The first kappa shape index (κ1) is 16.2. The molecule has 20 heavy (non-hydrogen) atoms. The fourth-order valence-corrected chi connectivity index (χ4v) is 3.31. The van der Waals surface area contributed by atoms with Crippen molar-refractivity contribution in [1.82, 2.24) is 14.7 Å². The quantitative estimate of drug-likeness (QED) is 0.747. The molecule has 2 rings (SSSR count). The zero-order valence-electron chi connectivity index (χ0n) is 13.4. The van der Waals surface area contributed by atoms with E-state index in [4.69, 9.17) is 10.5 Å². The molecule has 2 aliphatic rings. The lowest BCUT2D eigenvalue weighted by Gasteiger charge is -2.41. The van der Waals surface area contributed by atoms with E-state index < -0.39 is 0 Å². The Morgan fingerprint density at radius 3 is 2.40 bits per heavy atom. The van der Waals surface area contributed by atoms with Crippen LogP contribution in [-0.2, 0) is 4.74 Å². The molecule has 0 aromatic rings. The van der Waals surface area contributed by atoms with Crippen molar-refractivity contribution in [3.05, 3.63) is 0 Å². The van der Waals surface area contributed by atoms with E-state index in [1.165, 1.54) is 19.4 Å². The smallest absolute Gasteiger partial charge is 0.0747 e. The second kappa shape index (κ2) is 7.71. The van der Waals surface area contributed by atoms with E-state index in [0.29, 0.717) is 18.2 Å². The number of rotatable bonds is 6. The average Bonchev–Trinajstić information content (AvgIpc) is 2.85. The van der Waals surface area contributed by atoms with Gasteiger partial charge in [0.05, 0.1) is 12.2 Å². The summed E-state index contributed by atoms with van der Waals surface area (Å²) in [6, 6.07) is 0.413. The molecule has 5 heteroatoms. The van der Waals surface area contributed by atoms with Gasteiger partial charge < -0.3 is 15.4 Å². The zero-order valence-corrected chi connectivity index (χ0v) is 13.4. The first-order chi connectivity index (χ1) is 9.60. The second-order valence-electron chi connectivity index (χ2n) is 6.55. The molecule has 0 amide bonds. The van der Waals surface area contributed by atoms with Crippen LogP contribution in [0.1, 0.15) is 19.8 Å². The van der Waals surface area contributed by atoms with Gasteiger partial charge in [0.15, 0.2) is 0 Å². The van der Waals surface area contributed by atoms with Gasteiger partial charge in [-0.2, -0.15) is 0 Å². The summed E-state index contributed by atoms with van der Waals surface area (Å²) in [5, 5.41) is 0. The maximum Gasteiger partial charge on any atom is 0.0747 e. The molecule has 118 valence electrons. The molecule has 3 atom stereocenters. The molecule has 0 aliphatic carbocycles. The lowest BCUT2D eigenvalue weighted by Crippen LogP contribution is -2.56. The number of hydrogen-bond acceptors (Lipinski definition) is 5. The van der Waals surface area contributed by atoms with Gasteiger partial charge in [-0.3, -0.25) is 9.80 Å². The van der Waals surface area contributed by atoms with Gasteiger partial charge in [-0.05, 0) is 33.9 Å². The highest BCUT2D eigenvalue weighted by Gasteiger charge is 2.33. The van der Waals surface area contributed by atoms with Gasteiger partial charge in [-0.1, -0.05) is 0 Å². The average molecular weight is 284 g/mol. The Labute approximate surface area is 124 Å². The SMILES string of the molecule is CC1CCC(C(CN)N2CCN(CCN(C)C)CC2)O1. The van der Waals surface area contributed by atoms with E-state index in [1.807, 2.05) is 0 Å². The standard InChI is InChI=1S/C15H32N4O/c1-13-4-5-15(20-13)14(12-16)19-10-8-18(9-11-19)7-6-17(2)3/h13-15H,4-12,16H2,1-3H3. The first-order valence-corrected chi connectivity index (χ1v) is 8.07. The van der Waals surface area contributed by atoms with Gasteiger partial charge in [-0.25, -0.2) is 0 Å². The van der Waals surface area contributed by atoms with Crippen molar-refractivity contribution in [2.75, 3.05) is 59.9 Å². The monoisotopic (exact) mass is 284 g/mol. The molecule has 2 heterocycles. The highest BCUT2D eigenvalue weighted by Crippen LogP contribution is 2.24. The van der Waals surface area contributed by atoms with Crippen LogP contribution >= 0.6 is 0 Å². The Hall–Kier alpha value is -0.200. The third-order valence-electron chi connectivity index (χ3n) is 4.67. The van der Waals surface area contributed by atoms with Crippen LogP contribution in [0.2, 0.25) is 0 Å². The fraction of sp³-hybridized carbons (Fsp3) is 1.00. The van der Waals surface area contributed by atoms with Crippen molar-refractivity contribution in [1.29, 1.82) is 0 Å². The van der Waals surface area contributed by atoms with Crippen LogP contribution < -0.4 is 5.73 Å². The van der Waals surface area contributed by atoms with Crippen LogP contribution in [0.5, 0.6) is 0 Å². The minimum atomic E-state index is 0.350. The molecule has 2 aliphatic heterocycles. The number of piperazine rings is 1.